The SMILES string of the molecule is CC(C)C(C)OCCC[O]. The van der Waals surface area contributed by atoms with Gasteiger partial charge in [0.1, 0.15) is 0 Å². The minimum atomic E-state index is -0.0230. The summed E-state index contributed by atoms with van der Waals surface area (Å²) in [6.07, 6.45) is 0.920. The predicted molar refractivity (Wildman–Crippen MR) is 40.4 cm³/mol. The van der Waals surface area contributed by atoms with E-state index in [1.165, 1.54) is 0 Å². The van der Waals surface area contributed by atoms with Crippen LogP contribution in [0.4, 0.5) is 0 Å². The van der Waals surface area contributed by atoms with Gasteiger partial charge < -0.3 is 4.74 Å². The molecule has 61 valence electrons. The Morgan fingerprint density at radius 2 is 1.90 bits per heavy atom. The molecular formula is C8H17O2. The van der Waals surface area contributed by atoms with Gasteiger partial charge in [0.05, 0.1) is 12.7 Å². The zero-order chi connectivity index (χ0) is 7.98. The maximum atomic E-state index is 10.0. The Morgan fingerprint density at radius 3 is 2.30 bits per heavy atom. The van der Waals surface area contributed by atoms with Crippen LogP contribution in [-0.2, 0) is 9.84 Å². The van der Waals surface area contributed by atoms with Crippen LogP contribution in [0, 0.1) is 5.92 Å². The van der Waals surface area contributed by atoms with Gasteiger partial charge in [-0.05, 0) is 19.3 Å². The van der Waals surface area contributed by atoms with E-state index in [1.54, 1.807) is 0 Å². The first-order valence-electron chi connectivity index (χ1n) is 3.88. The summed E-state index contributed by atoms with van der Waals surface area (Å²) in [5, 5.41) is 10.0. The van der Waals surface area contributed by atoms with Crippen molar-refractivity contribution in [1.29, 1.82) is 0 Å². The first-order valence-corrected chi connectivity index (χ1v) is 3.88. The molecule has 0 spiro atoms. The monoisotopic (exact) mass is 145 g/mol. The Labute approximate surface area is 63.2 Å². The molecule has 0 rings (SSSR count). The highest BCUT2D eigenvalue weighted by Gasteiger charge is 2.05. The second-order valence-electron chi connectivity index (χ2n) is 2.88. The van der Waals surface area contributed by atoms with E-state index in [2.05, 4.69) is 13.8 Å². The van der Waals surface area contributed by atoms with E-state index in [4.69, 9.17) is 4.74 Å². The number of ether oxygens (including phenoxy) is 1. The maximum absolute atomic E-state index is 10.0. The molecule has 1 atom stereocenters. The normalized spacial score (nSPS) is 14.1. The smallest absolute Gasteiger partial charge is 0.0844 e. The van der Waals surface area contributed by atoms with Gasteiger partial charge in [-0.3, -0.25) is 0 Å². The molecule has 10 heavy (non-hydrogen) atoms. The van der Waals surface area contributed by atoms with E-state index in [1.807, 2.05) is 6.92 Å². The highest BCUT2D eigenvalue weighted by atomic mass is 16.5. The number of hydrogen-bond donors (Lipinski definition) is 0. The van der Waals surface area contributed by atoms with Crippen molar-refractivity contribution >= 4 is 0 Å². The first kappa shape index (κ1) is 9.92. The molecule has 0 heterocycles. The third-order valence-corrected chi connectivity index (χ3v) is 1.61. The molecule has 0 saturated carbocycles. The molecule has 2 nitrogen and oxygen atoms in total. The van der Waals surface area contributed by atoms with Crippen molar-refractivity contribution in [3.05, 3.63) is 0 Å². The highest BCUT2D eigenvalue weighted by molar-refractivity contribution is 4.53. The fraction of sp³-hybridized carbons (Fsp3) is 1.00. The molecule has 0 fully saturated rings. The standard InChI is InChI=1S/C8H17O2/c1-7(2)8(3)10-6-4-5-9/h7-8H,4-6H2,1-3H3. The Morgan fingerprint density at radius 1 is 1.30 bits per heavy atom. The van der Waals surface area contributed by atoms with Gasteiger partial charge in [-0.25, -0.2) is 5.11 Å². The van der Waals surface area contributed by atoms with Crippen molar-refractivity contribution in [2.45, 2.75) is 33.3 Å². The van der Waals surface area contributed by atoms with Gasteiger partial charge in [-0.1, -0.05) is 13.8 Å². The molecule has 0 aromatic carbocycles. The van der Waals surface area contributed by atoms with E-state index in [-0.39, 0.29) is 12.7 Å². The van der Waals surface area contributed by atoms with Gasteiger partial charge in [0.2, 0.25) is 0 Å². The van der Waals surface area contributed by atoms with E-state index in [9.17, 15) is 5.11 Å². The summed E-state index contributed by atoms with van der Waals surface area (Å²) in [6.45, 7) is 6.85. The fourth-order valence-electron chi connectivity index (χ4n) is 0.521. The lowest BCUT2D eigenvalue weighted by molar-refractivity contribution is 0.0227. The summed E-state index contributed by atoms with van der Waals surface area (Å²) < 4.78 is 5.34. The van der Waals surface area contributed by atoms with Crippen LogP contribution >= 0.6 is 0 Å². The zero-order valence-corrected chi connectivity index (χ0v) is 7.09. The van der Waals surface area contributed by atoms with Crippen LogP contribution in [0.15, 0.2) is 0 Å². The minimum absolute atomic E-state index is 0.0230. The van der Waals surface area contributed by atoms with Crippen LogP contribution in [0.1, 0.15) is 27.2 Å². The molecule has 0 aliphatic rings. The Bertz CT molecular complexity index is 71.7. The van der Waals surface area contributed by atoms with Crippen LogP contribution in [0.5, 0.6) is 0 Å². The fourth-order valence-corrected chi connectivity index (χ4v) is 0.521. The van der Waals surface area contributed by atoms with Gasteiger partial charge in [-0.2, -0.15) is 0 Å². The highest BCUT2D eigenvalue weighted by Crippen LogP contribution is 2.04. The van der Waals surface area contributed by atoms with Gasteiger partial charge in [0.25, 0.3) is 0 Å². The first-order chi connectivity index (χ1) is 4.68. The molecule has 0 aromatic heterocycles. The molecule has 0 bridgehead atoms. The molecule has 2 heteroatoms. The van der Waals surface area contributed by atoms with E-state index < -0.39 is 0 Å². The van der Waals surface area contributed by atoms with Gasteiger partial charge >= 0.3 is 0 Å². The summed E-state index contributed by atoms with van der Waals surface area (Å²) in [5.41, 5.74) is 0. The Kier molecular flexibility index (Phi) is 5.64. The van der Waals surface area contributed by atoms with Crippen molar-refractivity contribution in [3.63, 3.8) is 0 Å². The topological polar surface area (TPSA) is 29.1 Å². The van der Waals surface area contributed by atoms with Crippen LogP contribution in [0.3, 0.4) is 0 Å². The van der Waals surface area contributed by atoms with Crippen molar-refractivity contribution in [2.24, 2.45) is 5.92 Å². The maximum Gasteiger partial charge on any atom is 0.0844 e. The zero-order valence-electron chi connectivity index (χ0n) is 7.09. The summed E-state index contributed by atoms with van der Waals surface area (Å²) >= 11 is 0. The van der Waals surface area contributed by atoms with Crippen LogP contribution in [0.2, 0.25) is 0 Å². The van der Waals surface area contributed by atoms with Gasteiger partial charge in [0.15, 0.2) is 0 Å². The van der Waals surface area contributed by atoms with Crippen molar-refractivity contribution in [1.82, 2.24) is 0 Å². The average Bonchev–Trinajstić information content (AvgIpc) is 1.88. The van der Waals surface area contributed by atoms with Crippen molar-refractivity contribution in [2.75, 3.05) is 13.2 Å². The summed E-state index contributed by atoms with van der Waals surface area (Å²) in [6, 6.07) is 0. The third-order valence-electron chi connectivity index (χ3n) is 1.61. The lowest BCUT2D eigenvalue weighted by Gasteiger charge is -2.15. The molecule has 1 radical (unpaired) electrons. The van der Waals surface area contributed by atoms with Crippen LogP contribution in [-0.4, -0.2) is 19.3 Å². The number of hydrogen-bond acceptors (Lipinski definition) is 1. The molecule has 0 aliphatic heterocycles. The molecule has 0 amide bonds. The molecule has 0 N–H and O–H groups in total. The summed E-state index contributed by atoms with van der Waals surface area (Å²) in [4.78, 5) is 0. The van der Waals surface area contributed by atoms with E-state index >= 15 is 0 Å². The molecular weight excluding hydrogens is 128 g/mol. The molecule has 0 aliphatic carbocycles. The summed E-state index contributed by atoms with van der Waals surface area (Å²) in [5.74, 6) is 0.548. The lowest BCUT2D eigenvalue weighted by Crippen LogP contribution is -2.16. The second-order valence-corrected chi connectivity index (χ2v) is 2.88. The lowest BCUT2D eigenvalue weighted by atomic mass is 10.1. The second kappa shape index (κ2) is 5.69. The van der Waals surface area contributed by atoms with Crippen molar-refractivity contribution in [3.8, 4) is 0 Å². The summed E-state index contributed by atoms with van der Waals surface area (Å²) in [7, 11) is 0. The predicted octanol–water partition coefficient (Wildman–Crippen LogP) is 1.87. The van der Waals surface area contributed by atoms with Crippen LogP contribution < -0.4 is 0 Å². The largest absolute Gasteiger partial charge is 0.378 e. The molecule has 0 aromatic rings. The van der Waals surface area contributed by atoms with Gasteiger partial charge in [-0.15, -0.1) is 0 Å². The average molecular weight is 145 g/mol. The Hall–Kier alpha value is -0.0800. The van der Waals surface area contributed by atoms with E-state index in [0.29, 0.717) is 18.9 Å². The molecule has 1 unspecified atom stereocenters. The van der Waals surface area contributed by atoms with Crippen molar-refractivity contribution < 1.29 is 9.84 Å². The molecule has 0 saturated heterocycles. The quantitative estimate of drug-likeness (QED) is 0.543. The van der Waals surface area contributed by atoms with Crippen LogP contribution in [0.25, 0.3) is 0 Å². The third kappa shape index (κ3) is 4.77. The van der Waals surface area contributed by atoms with E-state index in [0.717, 1.165) is 0 Å². The van der Waals surface area contributed by atoms with Gasteiger partial charge in [0, 0.05) is 6.61 Å². The minimum Gasteiger partial charge on any atom is -0.378 e. The number of rotatable bonds is 5. The Balaban J connectivity index is 3.13.